The highest BCUT2D eigenvalue weighted by Crippen LogP contribution is 2.30. The molecule has 0 saturated carbocycles. The van der Waals surface area contributed by atoms with Gasteiger partial charge >= 0.3 is 0 Å². The number of primary amides is 1. The van der Waals surface area contributed by atoms with Crippen LogP contribution in [0.1, 0.15) is 10.5 Å². The quantitative estimate of drug-likeness (QED) is 0.421. The number of nitrogens with zero attached hydrogens (tertiary/aromatic N) is 2. The fraction of sp³-hybridized carbons (Fsp3) is 0.0667. The van der Waals surface area contributed by atoms with E-state index >= 15 is 0 Å². The fourth-order valence-electron chi connectivity index (χ4n) is 2.46. The number of aromatic nitrogens is 2. The van der Waals surface area contributed by atoms with Gasteiger partial charge in [0.15, 0.2) is 5.69 Å². The van der Waals surface area contributed by atoms with Crippen molar-refractivity contribution in [3.63, 3.8) is 0 Å². The summed E-state index contributed by atoms with van der Waals surface area (Å²) in [7, 11) is -2.98. The molecule has 140 valence electrons. The van der Waals surface area contributed by atoms with Crippen LogP contribution < -0.4 is 15.2 Å². The summed E-state index contributed by atoms with van der Waals surface area (Å²) >= 11 is 0. The minimum Gasteiger partial charge on any atom is -0.495 e. The number of amides is 1. The lowest BCUT2D eigenvalue weighted by Gasteiger charge is -2.11. The maximum atomic E-state index is 12.7. The van der Waals surface area contributed by atoms with E-state index in [9.17, 15) is 23.3 Å². The Labute approximate surface area is 152 Å². The van der Waals surface area contributed by atoms with Crippen molar-refractivity contribution >= 4 is 38.2 Å². The van der Waals surface area contributed by atoms with Crippen LogP contribution in [0.25, 0.3) is 10.9 Å². The average Bonchev–Trinajstić information content (AvgIpc) is 3.04. The Hall–Kier alpha value is -3.67. The molecule has 1 heterocycles. The Morgan fingerprint density at radius 3 is 2.67 bits per heavy atom. The van der Waals surface area contributed by atoms with Crippen molar-refractivity contribution in [3.8, 4) is 5.75 Å². The Kier molecular flexibility index (Phi) is 4.41. The molecule has 11 nitrogen and oxygen atoms in total. The SMILES string of the molecule is COc1ccc([N+](=O)[O-])cc1S(=O)(=O)Nc1ccc2[nH]nc(C(N)=O)c2c1. The van der Waals surface area contributed by atoms with Crippen LogP contribution in [0.15, 0.2) is 41.3 Å². The first kappa shape index (κ1) is 18.1. The van der Waals surface area contributed by atoms with Gasteiger partial charge in [-0.1, -0.05) is 0 Å². The van der Waals surface area contributed by atoms with Crippen molar-refractivity contribution in [1.82, 2.24) is 10.2 Å². The van der Waals surface area contributed by atoms with Crippen LogP contribution in [0.2, 0.25) is 0 Å². The summed E-state index contributed by atoms with van der Waals surface area (Å²) in [5.74, 6) is -0.836. The second-order valence-electron chi connectivity index (χ2n) is 5.39. The number of nitro benzene ring substituents is 1. The lowest BCUT2D eigenvalue weighted by Crippen LogP contribution is -2.15. The van der Waals surface area contributed by atoms with Gasteiger partial charge in [0.2, 0.25) is 0 Å². The van der Waals surface area contributed by atoms with E-state index in [0.717, 1.165) is 12.1 Å². The van der Waals surface area contributed by atoms with Crippen LogP contribution in [0.3, 0.4) is 0 Å². The maximum absolute atomic E-state index is 12.7. The summed E-state index contributed by atoms with van der Waals surface area (Å²) in [5.41, 5.74) is 5.38. The van der Waals surface area contributed by atoms with E-state index in [4.69, 9.17) is 10.5 Å². The third-order valence-electron chi connectivity index (χ3n) is 3.70. The number of non-ortho nitro benzene ring substituents is 1. The molecule has 0 radical (unpaired) electrons. The van der Waals surface area contributed by atoms with Gasteiger partial charge in [0.25, 0.3) is 21.6 Å². The first-order chi connectivity index (χ1) is 12.7. The summed E-state index contributed by atoms with van der Waals surface area (Å²) in [4.78, 5) is 21.2. The number of fused-ring (bicyclic) bond motifs is 1. The van der Waals surface area contributed by atoms with E-state index in [2.05, 4.69) is 14.9 Å². The zero-order valence-corrected chi connectivity index (χ0v) is 14.6. The van der Waals surface area contributed by atoms with Crippen LogP contribution in [-0.2, 0) is 10.0 Å². The summed E-state index contributed by atoms with van der Waals surface area (Å²) in [5, 5.41) is 17.7. The van der Waals surface area contributed by atoms with Gasteiger partial charge in [0, 0.05) is 23.2 Å². The number of rotatable bonds is 6. The van der Waals surface area contributed by atoms with Gasteiger partial charge in [-0.3, -0.25) is 24.7 Å². The van der Waals surface area contributed by atoms with E-state index in [1.165, 1.54) is 31.4 Å². The minimum atomic E-state index is -4.22. The van der Waals surface area contributed by atoms with Crippen LogP contribution >= 0.6 is 0 Å². The van der Waals surface area contributed by atoms with Gasteiger partial charge < -0.3 is 10.5 Å². The number of hydrogen-bond donors (Lipinski definition) is 3. The van der Waals surface area contributed by atoms with Gasteiger partial charge in [-0.05, 0) is 24.3 Å². The molecule has 0 aliphatic heterocycles. The predicted molar refractivity (Wildman–Crippen MR) is 95.1 cm³/mol. The van der Waals surface area contributed by atoms with Gasteiger partial charge in [-0.15, -0.1) is 0 Å². The Morgan fingerprint density at radius 2 is 2.04 bits per heavy atom. The zero-order valence-electron chi connectivity index (χ0n) is 13.8. The number of H-pyrrole nitrogens is 1. The fourth-order valence-corrected chi connectivity index (χ4v) is 3.70. The Bertz CT molecular complexity index is 1170. The van der Waals surface area contributed by atoms with Crippen molar-refractivity contribution in [3.05, 3.63) is 52.2 Å². The average molecular weight is 391 g/mol. The van der Waals surface area contributed by atoms with Crippen LogP contribution in [0.4, 0.5) is 11.4 Å². The number of carbonyl (C=O) groups is 1. The highest BCUT2D eigenvalue weighted by atomic mass is 32.2. The summed E-state index contributed by atoms with van der Waals surface area (Å²) in [6.07, 6.45) is 0. The van der Waals surface area contributed by atoms with Gasteiger partial charge in [0.05, 0.1) is 17.5 Å². The Balaban J connectivity index is 2.05. The Morgan fingerprint density at radius 1 is 1.30 bits per heavy atom. The number of methoxy groups -OCH3 is 1. The standard InChI is InChI=1S/C15H13N5O6S/c1-26-12-5-3-9(20(22)23)7-13(12)27(24,25)19-8-2-4-11-10(6-8)14(15(16)21)18-17-11/h2-7,19H,1H3,(H2,16,21)(H,17,18). The number of benzene rings is 2. The summed E-state index contributed by atoms with van der Waals surface area (Å²) in [6.45, 7) is 0. The molecule has 12 heteroatoms. The van der Waals surface area contributed by atoms with E-state index < -0.39 is 31.4 Å². The second kappa shape index (κ2) is 6.57. The normalized spacial score (nSPS) is 11.3. The lowest BCUT2D eigenvalue weighted by atomic mass is 10.2. The second-order valence-corrected chi connectivity index (χ2v) is 7.05. The summed E-state index contributed by atoms with van der Waals surface area (Å²) < 4.78 is 32.7. The molecule has 2 aromatic carbocycles. The van der Waals surface area contributed by atoms with E-state index in [-0.39, 0.29) is 17.1 Å². The first-order valence-corrected chi connectivity index (χ1v) is 8.84. The number of sulfonamides is 1. The molecule has 0 aliphatic rings. The highest BCUT2D eigenvalue weighted by molar-refractivity contribution is 7.92. The number of hydrogen-bond acceptors (Lipinski definition) is 7. The van der Waals surface area contributed by atoms with Gasteiger partial charge in [-0.25, -0.2) is 8.42 Å². The predicted octanol–water partition coefficient (Wildman–Crippen LogP) is 1.38. The monoisotopic (exact) mass is 391 g/mol. The molecule has 3 aromatic rings. The molecule has 0 aliphatic carbocycles. The van der Waals surface area contributed by atoms with Crippen molar-refractivity contribution in [2.45, 2.75) is 4.90 Å². The highest BCUT2D eigenvalue weighted by Gasteiger charge is 2.24. The van der Waals surface area contributed by atoms with E-state index in [0.29, 0.717) is 10.9 Å². The first-order valence-electron chi connectivity index (χ1n) is 7.36. The third-order valence-corrected chi connectivity index (χ3v) is 5.10. The lowest BCUT2D eigenvalue weighted by molar-refractivity contribution is -0.385. The number of anilines is 1. The molecule has 3 rings (SSSR count). The topological polar surface area (TPSA) is 170 Å². The van der Waals surface area contributed by atoms with Crippen molar-refractivity contribution in [2.24, 2.45) is 5.73 Å². The molecule has 0 unspecified atom stereocenters. The molecule has 0 spiro atoms. The number of nitrogens with two attached hydrogens (primary N) is 1. The number of aromatic amines is 1. The third kappa shape index (κ3) is 3.37. The van der Waals surface area contributed by atoms with Crippen LogP contribution in [0, 0.1) is 10.1 Å². The van der Waals surface area contributed by atoms with Crippen molar-refractivity contribution < 1.29 is 22.9 Å². The number of ether oxygens (including phenoxy) is 1. The minimum absolute atomic E-state index is 0.0426. The molecule has 0 fully saturated rings. The van der Waals surface area contributed by atoms with E-state index in [1.807, 2.05) is 0 Å². The molecule has 0 bridgehead atoms. The molecular formula is C15H13N5O6S. The molecule has 4 N–H and O–H groups in total. The van der Waals surface area contributed by atoms with E-state index in [1.54, 1.807) is 0 Å². The van der Waals surface area contributed by atoms with Crippen LogP contribution in [-0.4, -0.2) is 36.6 Å². The number of nitrogens with one attached hydrogen (secondary N) is 2. The van der Waals surface area contributed by atoms with Crippen LogP contribution in [0.5, 0.6) is 5.75 Å². The molecule has 0 saturated heterocycles. The molecule has 27 heavy (non-hydrogen) atoms. The largest absolute Gasteiger partial charge is 0.495 e. The van der Waals surface area contributed by atoms with Crippen molar-refractivity contribution in [2.75, 3.05) is 11.8 Å². The smallest absolute Gasteiger partial charge is 0.271 e. The molecule has 0 atom stereocenters. The molecular weight excluding hydrogens is 378 g/mol. The summed E-state index contributed by atoms with van der Waals surface area (Å²) in [6, 6.07) is 7.54. The molecule has 1 amide bonds. The molecule has 1 aromatic heterocycles. The van der Waals surface area contributed by atoms with Gasteiger partial charge in [0.1, 0.15) is 10.6 Å². The number of carbonyl (C=O) groups excluding carboxylic acids is 1. The zero-order chi connectivity index (χ0) is 19.8. The van der Waals surface area contributed by atoms with Crippen molar-refractivity contribution in [1.29, 1.82) is 0 Å². The maximum Gasteiger partial charge on any atom is 0.271 e. The number of nitro groups is 1. The van der Waals surface area contributed by atoms with Gasteiger partial charge in [-0.2, -0.15) is 5.10 Å².